The Morgan fingerprint density at radius 3 is 2.27 bits per heavy atom. The minimum Gasteiger partial charge on any atom is -0.667 e. The molecule has 3 heteroatoms. The summed E-state index contributed by atoms with van der Waals surface area (Å²) in [6.07, 6.45) is 0.223. The quantitative estimate of drug-likeness (QED) is 0.811. The van der Waals surface area contributed by atoms with Gasteiger partial charge in [-0.25, -0.2) is 0 Å². The van der Waals surface area contributed by atoms with Gasteiger partial charge in [0, 0.05) is 47.7 Å². The number of nitrogens with one attached hydrogen (secondary N) is 1. The number of rotatable bonds is 2. The molecular formula is C8H8NOPr-. The summed E-state index contributed by atoms with van der Waals surface area (Å²) in [5.41, 5.74) is 7.58. The Kier molecular flexibility index (Phi) is 5.70. The van der Waals surface area contributed by atoms with Crippen molar-refractivity contribution in [2.45, 2.75) is 6.42 Å². The van der Waals surface area contributed by atoms with Gasteiger partial charge in [0.15, 0.2) is 0 Å². The van der Waals surface area contributed by atoms with Crippen molar-refractivity contribution in [2.75, 3.05) is 0 Å². The zero-order valence-corrected chi connectivity index (χ0v) is 9.78. The number of carbonyl (C=O) groups excluding carboxylic acids is 1. The van der Waals surface area contributed by atoms with Crippen LogP contribution in [0.1, 0.15) is 5.56 Å². The van der Waals surface area contributed by atoms with Crippen molar-refractivity contribution in [3.05, 3.63) is 41.6 Å². The Labute approximate surface area is 99.1 Å². The number of carbonyl (C=O) groups is 1. The molecule has 0 saturated carbocycles. The van der Waals surface area contributed by atoms with Gasteiger partial charge < -0.3 is 10.5 Å². The molecule has 0 aliphatic carbocycles. The van der Waals surface area contributed by atoms with Gasteiger partial charge in [-0.2, -0.15) is 0 Å². The van der Waals surface area contributed by atoms with Crippen LogP contribution in [0.3, 0.4) is 0 Å². The summed E-state index contributed by atoms with van der Waals surface area (Å²) in [4.78, 5) is 10.3. The van der Waals surface area contributed by atoms with E-state index in [0.717, 1.165) is 5.56 Å². The Morgan fingerprint density at radius 1 is 1.27 bits per heavy atom. The first-order chi connectivity index (χ1) is 4.79. The van der Waals surface area contributed by atoms with Crippen LogP contribution < -0.4 is 0 Å². The second kappa shape index (κ2) is 5.67. The van der Waals surface area contributed by atoms with Crippen LogP contribution >= 0.6 is 0 Å². The van der Waals surface area contributed by atoms with Gasteiger partial charge in [0.1, 0.15) is 0 Å². The predicted octanol–water partition coefficient (Wildman–Crippen LogP) is 1.81. The van der Waals surface area contributed by atoms with E-state index in [-0.39, 0.29) is 47.7 Å². The van der Waals surface area contributed by atoms with Crippen molar-refractivity contribution in [3.63, 3.8) is 0 Å². The third kappa shape index (κ3) is 4.49. The average molecular weight is 275 g/mol. The molecule has 11 heavy (non-hydrogen) atoms. The van der Waals surface area contributed by atoms with E-state index in [4.69, 9.17) is 5.73 Å². The first-order valence-corrected chi connectivity index (χ1v) is 3.07. The van der Waals surface area contributed by atoms with Gasteiger partial charge in [0.05, 0.1) is 5.91 Å². The molecule has 0 bridgehead atoms. The number of amides is 1. The first kappa shape index (κ1) is 11.1. The topological polar surface area (TPSA) is 40.9 Å². The fourth-order valence-corrected chi connectivity index (χ4v) is 0.781. The van der Waals surface area contributed by atoms with Gasteiger partial charge in [-0.05, 0) is 5.56 Å². The van der Waals surface area contributed by atoms with Crippen molar-refractivity contribution in [3.8, 4) is 0 Å². The maximum atomic E-state index is 10.3. The van der Waals surface area contributed by atoms with Crippen LogP contribution in [0.2, 0.25) is 0 Å². The Balaban J connectivity index is 0.000001000. The second-order valence-electron chi connectivity index (χ2n) is 2.09. The van der Waals surface area contributed by atoms with Gasteiger partial charge in [-0.3, -0.25) is 0 Å². The molecule has 1 radical (unpaired) electrons. The van der Waals surface area contributed by atoms with Gasteiger partial charge in [0.2, 0.25) is 0 Å². The normalized spacial score (nSPS) is 8.36. The van der Waals surface area contributed by atoms with Crippen LogP contribution in [0.15, 0.2) is 30.3 Å². The van der Waals surface area contributed by atoms with Crippen molar-refractivity contribution >= 4 is 5.91 Å². The summed E-state index contributed by atoms with van der Waals surface area (Å²) in [7, 11) is 0. The SMILES string of the molecule is [NH-]C(=O)Cc1ccccc1.[Pr]. The van der Waals surface area contributed by atoms with E-state index in [1.54, 1.807) is 0 Å². The zero-order chi connectivity index (χ0) is 7.40. The van der Waals surface area contributed by atoms with E-state index in [2.05, 4.69) is 0 Å². The largest absolute Gasteiger partial charge is 0.667 e. The smallest absolute Gasteiger partial charge is 0.0532 e. The van der Waals surface area contributed by atoms with E-state index < -0.39 is 5.91 Å². The van der Waals surface area contributed by atoms with Crippen molar-refractivity contribution in [1.82, 2.24) is 0 Å². The van der Waals surface area contributed by atoms with Crippen LogP contribution in [0, 0.1) is 41.3 Å². The van der Waals surface area contributed by atoms with E-state index in [0.29, 0.717) is 0 Å². The summed E-state index contributed by atoms with van der Waals surface area (Å²) >= 11 is 0. The summed E-state index contributed by atoms with van der Waals surface area (Å²) in [5, 5.41) is 0. The maximum absolute atomic E-state index is 10.3. The molecule has 55 valence electrons. The third-order valence-electron chi connectivity index (χ3n) is 1.21. The van der Waals surface area contributed by atoms with Gasteiger partial charge in [0.25, 0.3) is 0 Å². The summed E-state index contributed by atoms with van der Waals surface area (Å²) < 4.78 is 0. The molecule has 0 saturated heterocycles. The number of hydrogen-bond acceptors (Lipinski definition) is 1. The van der Waals surface area contributed by atoms with Crippen LogP contribution in [0.5, 0.6) is 0 Å². The summed E-state index contributed by atoms with van der Waals surface area (Å²) in [5.74, 6) is -0.536. The van der Waals surface area contributed by atoms with E-state index in [1.807, 2.05) is 30.3 Å². The fraction of sp³-hybridized carbons (Fsp3) is 0.125. The molecule has 0 aromatic heterocycles. The Bertz CT molecular complexity index is 223. The molecule has 1 aromatic carbocycles. The van der Waals surface area contributed by atoms with Crippen LogP contribution in [0.25, 0.3) is 5.73 Å². The number of hydrogen-bond donors (Lipinski definition) is 0. The molecule has 1 aromatic rings. The van der Waals surface area contributed by atoms with E-state index in [1.165, 1.54) is 0 Å². The number of benzene rings is 1. The van der Waals surface area contributed by atoms with Crippen LogP contribution in [-0.2, 0) is 11.2 Å². The van der Waals surface area contributed by atoms with Gasteiger partial charge in [-0.15, -0.1) is 0 Å². The predicted molar refractivity (Wildman–Crippen MR) is 39.5 cm³/mol. The van der Waals surface area contributed by atoms with Crippen molar-refractivity contribution < 1.29 is 46.1 Å². The van der Waals surface area contributed by atoms with Crippen molar-refractivity contribution in [1.29, 1.82) is 0 Å². The van der Waals surface area contributed by atoms with Gasteiger partial charge in [-0.1, -0.05) is 30.3 Å². The molecule has 0 spiro atoms. The van der Waals surface area contributed by atoms with Crippen LogP contribution in [-0.4, -0.2) is 5.91 Å². The van der Waals surface area contributed by atoms with Crippen LogP contribution in [0.4, 0.5) is 0 Å². The Morgan fingerprint density at radius 2 is 1.82 bits per heavy atom. The van der Waals surface area contributed by atoms with E-state index >= 15 is 0 Å². The minimum atomic E-state index is -0.536. The molecule has 0 fully saturated rings. The molecular weight excluding hydrogens is 267 g/mol. The molecule has 1 rings (SSSR count). The first-order valence-electron chi connectivity index (χ1n) is 3.07. The standard InChI is InChI=1S/C8H9NO.Pr/c9-8(10)6-7-4-2-1-3-5-7;/h1-5H,6H2,(H2,9,10);/p-1. The van der Waals surface area contributed by atoms with Crippen molar-refractivity contribution in [2.24, 2.45) is 0 Å². The molecule has 0 heterocycles. The summed E-state index contributed by atoms with van der Waals surface area (Å²) in [6, 6.07) is 9.29. The zero-order valence-electron chi connectivity index (χ0n) is 6.08. The third-order valence-corrected chi connectivity index (χ3v) is 1.21. The minimum absolute atomic E-state index is 0. The molecule has 1 N–H and O–H groups in total. The summed E-state index contributed by atoms with van der Waals surface area (Å²) in [6.45, 7) is 0. The molecule has 0 aliphatic rings. The molecule has 2 nitrogen and oxygen atoms in total. The molecule has 0 unspecified atom stereocenters. The molecule has 1 amide bonds. The Hall–Kier alpha value is 0.0536. The average Bonchev–Trinajstić information content (AvgIpc) is 1.88. The van der Waals surface area contributed by atoms with E-state index in [9.17, 15) is 4.79 Å². The maximum Gasteiger partial charge on any atom is 0.0532 e. The van der Waals surface area contributed by atoms with Gasteiger partial charge >= 0.3 is 0 Å². The molecule has 0 aliphatic heterocycles. The molecule has 0 atom stereocenters. The second-order valence-corrected chi connectivity index (χ2v) is 2.09. The fourth-order valence-electron chi connectivity index (χ4n) is 0.781. The monoisotopic (exact) mass is 275 g/mol.